The third kappa shape index (κ3) is 3.94. The van der Waals surface area contributed by atoms with Gasteiger partial charge in [0, 0.05) is 32.6 Å². The van der Waals surface area contributed by atoms with Crippen LogP contribution >= 0.6 is 0 Å². The molecule has 7 heteroatoms. The second-order valence-electron chi connectivity index (χ2n) is 7.32. The highest BCUT2D eigenvalue weighted by molar-refractivity contribution is 5.97. The Labute approximate surface area is 164 Å². The third-order valence-electron chi connectivity index (χ3n) is 5.28. The Bertz CT molecular complexity index is 951. The minimum Gasteiger partial charge on any atom is -0.504 e. The van der Waals surface area contributed by atoms with Gasteiger partial charge in [0.05, 0.1) is 23.6 Å². The summed E-state index contributed by atoms with van der Waals surface area (Å²) in [5.41, 5.74) is 3.56. The number of nitrogens with one attached hydrogen (secondary N) is 1. The van der Waals surface area contributed by atoms with E-state index in [-0.39, 0.29) is 11.3 Å². The van der Waals surface area contributed by atoms with Gasteiger partial charge in [0.25, 0.3) is 5.56 Å². The number of hydrogen-bond acceptors (Lipinski definition) is 6. The quantitative estimate of drug-likeness (QED) is 0.829. The zero-order valence-electron chi connectivity index (χ0n) is 16.2. The number of phenols is 1. The molecular formula is C21H26N4O3. The van der Waals surface area contributed by atoms with Gasteiger partial charge in [-0.2, -0.15) is 0 Å². The van der Waals surface area contributed by atoms with Crippen molar-refractivity contribution in [2.24, 2.45) is 4.99 Å². The lowest BCUT2D eigenvalue weighted by Crippen LogP contribution is -2.36. The zero-order valence-corrected chi connectivity index (χ0v) is 16.2. The first-order valence-corrected chi connectivity index (χ1v) is 9.97. The maximum absolute atomic E-state index is 12.7. The lowest BCUT2D eigenvalue weighted by Gasteiger charge is -2.28. The van der Waals surface area contributed by atoms with Crippen LogP contribution in [0.3, 0.4) is 0 Å². The monoisotopic (exact) mass is 382 g/mol. The highest BCUT2D eigenvalue weighted by atomic mass is 16.5. The van der Waals surface area contributed by atoms with Crippen molar-refractivity contribution in [3.63, 3.8) is 0 Å². The number of nitrogens with zero attached hydrogens (tertiary/aromatic N) is 3. The summed E-state index contributed by atoms with van der Waals surface area (Å²) >= 11 is 0. The predicted octanol–water partition coefficient (Wildman–Crippen LogP) is 2.41. The maximum Gasteiger partial charge on any atom is 0.255 e. The zero-order chi connectivity index (χ0) is 19.5. The molecular weight excluding hydrogens is 356 g/mol. The average molecular weight is 382 g/mol. The molecule has 2 aromatic rings. The fourth-order valence-corrected chi connectivity index (χ4v) is 3.83. The molecule has 2 aliphatic rings. The number of aromatic hydroxyl groups is 1. The Morgan fingerprint density at radius 2 is 2.18 bits per heavy atom. The van der Waals surface area contributed by atoms with E-state index in [4.69, 9.17) is 9.72 Å². The first-order chi connectivity index (χ1) is 13.6. The summed E-state index contributed by atoms with van der Waals surface area (Å²) in [4.78, 5) is 27.1. The number of aromatic nitrogens is 2. The number of H-pyrrole nitrogens is 1. The van der Waals surface area contributed by atoms with Crippen molar-refractivity contribution in [1.29, 1.82) is 0 Å². The number of aromatic amines is 1. The molecule has 0 amide bonds. The van der Waals surface area contributed by atoms with Crippen molar-refractivity contribution < 1.29 is 9.84 Å². The highest BCUT2D eigenvalue weighted by Crippen LogP contribution is 2.28. The summed E-state index contributed by atoms with van der Waals surface area (Å²) < 4.78 is 5.47. The van der Waals surface area contributed by atoms with E-state index in [0.717, 1.165) is 61.3 Å². The normalized spacial score (nSPS) is 17.1. The Morgan fingerprint density at radius 3 is 2.96 bits per heavy atom. The standard InChI is InChI=1S/C21H26N4O3/c1-2-28-19-11-14(6-7-18(19)26)12-25-10-8-16-15(13-25)21(27)24-20(23-16)17-5-3-4-9-22-17/h6-7,11,26H,2-5,8-10,12-13H2,1H3,(H,23,24,27). The number of phenolic OH excluding ortho intramolecular Hbond substituents is 1. The molecule has 2 N–H and O–H groups in total. The van der Waals surface area contributed by atoms with Crippen LogP contribution in [0.15, 0.2) is 28.0 Å². The minimum absolute atomic E-state index is 0.0568. The van der Waals surface area contributed by atoms with Gasteiger partial charge in [-0.3, -0.25) is 14.7 Å². The van der Waals surface area contributed by atoms with Gasteiger partial charge in [-0.15, -0.1) is 0 Å². The highest BCUT2D eigenvalue weighted by Gasteiger charge is 2.23. The van der Waals surface area contributed by atoms with Crippen LogP contribution in [-0.2, 0) is 19.5 Å². The Balaban J connectivity index is 1.51. The van der Waals surface area contributed by atoms with Gasteiger partial charge in [-0.25, -0.2) is 4.98 Å². The number of benzene rings is 1. The van der Waals surface area contributed by atoms with Gasteiger partial charge in [0.1, 0.15) is 0 Å². The molecule has 0 fully saturated rings. The molecule has 7 nitrogen and oxygen atoms in total. The molecule has 0 atom stereocenters. The van der Waals surface area contributed by atoms with Crippen LogP contribution in [0.25, 0.3) is 0 Å². The maximum atomic E-state index is 12.7. The predicted molar refractivity (Wildman–Crippen MR) is 107 cm³/mol. The van der Waals surface area contributed by atoms with Crippen LogP contribution in [0.4, 0.5) is 0 Å². The third-order valence-corrected chi connectivity index (χ3v) is 5.28. The fraction of sp³-hybridized carbons (Fsp3) is 0.476. The molecule has 4 rings (SSSR count). The topological polar surface area (TPSA) is 90.8 Å². The smallest absolute Gasteiger partial charge is 0.255 e. The van der Waals surface area contributed by atoms with Gasteiger partial charge in [0.15, 0.2) is 17.3 Å². The lowest BCUT2D eigenvalue weighted by molar-refractivity contribution is 0.240. The molecule has 0 bridgehead atoms. The molecule has 0 unspecified atom stereocenters. The molecule has 3 heterocycles. The van der Waals surface area contributed by atoms with E-state index < -0.39 is 0 Å². The van der Waals surface area contributed by atoms with Crippen LogP contribution < -0.4 is 10.3 Å². The number of hydrogen-bond donors (Lipinski definition) is 2. The fourth-order valence-electron chi connectivity index (χ4n) is 3.83. The van der Waals surface area contributed by atoms with Crippen LogP contribution in [0.2, 0.25) is 0 Å². The van der Waals surface area contributed by atoms with E-state index in [1.807, 2.05) is 19.1 Å². The molecule has 1 aromatic heterocycles. The summed E-state index contributed by atoms with van der Waals surface area (Å²) in [6.07, 6.45) is 3.84. The Kier molecular flexibility index (Phi) is 5.43. The first kappa shape index (κ1) is 18.7. The minimum atomic E-state index is -0.0568. The largest absolute Gasteiger partial charge is 0.504 e. The lowest BCUT2D eigenvalue weighted by atomic mass is 10.0. The van der Waals surface area contributed by atoms with Crippen molar-refractivity contribution in [3.8, 4) is 11.5 Å². The van der Waals surface area contributed by atoms with Gasteiger partial charge in [0.2, 0.25) is 0 Å². The average Bonchev–Trinajstić information content (AvgIpc) is 2.72. The van der Waals surface area contributed by atoms with E-state index in [0.29, 0.717) is 31.3 Å². The van der Waals surface area contributed by atoms with E-state index in [9.17, 15) is 9.90 Å². The molecule has 0 spiro atoms. The molecule has 1 aromatic carbocycles. The number of rotatable bonds is 5. The second-order valence-corrected chi connectivity index (χ2v) is 7.32. The van der Waals surface area contributed by atoms with E-state index in [2.05, 4.69) is 14.9 Å². The molecule has 0 saturated carbocycles. The first-order valence-electron chi connectivity index (χ1n) is 9.97. The molecule has 148 valence electrons. The summed E-state index contributed by atoms with van der Waals surface area (Å²) in [5.74, 6) is 1.29. The van der Waals surface area contributed by atoms with Crippen LogP contribution in [0.5, 0.6) is 11.5 Å². The summed E-state index contributed by atoms with van der Waals surface area (Å²) in [7, 11) is 0. The molecule has 28 heavy (non-hydrogen) atoms. The van der Waals surface area contributed by atoms with Gasteiger partial charge in [-0.1, -0.05) is 6.07 Å². The van der Waals surface area contributed by atoms with Crippen molar-refractivity contribution in [2.75, 3.05) is 19.7 Å². The SMILES string of the molecule is CCOc1cc(CN2CCc3nc(C4=NCCCC4)[nH]c(=O)c3C2)ccc1O. The summed E-state index contributed by atoms with van der Waals surface area (Å²) in [6, 6.07) is 5.41. The van der Waals surface area contributed by atoms with Crippen molar-refractivity contribution >= 4 is 5.71 Å². The molecule has 0 aliphatic carbocycles. The van der Waals surface area contributed by atoms with E-state index in [1.165, 1.54) is 0 Å². The van der Waals surface area contributed by atoms with Gasteiger partial charge in [-0.05, 0) is 43.9 Å². The van der Waals surface area contributed by atoms with E-state index in [1.54, 1.807) is 6.07 Å². The van der Waals surface area contributed by atoms with Gasteiger partial charge >= 0.3 is 0 Å². The Hall–Kier alpha value is -2.67. The molecule has 0 radical (unpaired) electrons. The summed E-state index contributed by atoms with van der Waals surface area (Å²) in [6.45, 7) is 5.30. The second kappa shape index (κ2) is 8.14. The number of ether oxygens (including phenoxy) is 1. The molecule has 0 saturated heterocycles. The number of aliphatic imine (C=N–C) groups is 1. The number of fused-ring (bicyclic) bond motifs is 1. The van der Waals surface area contributed by atoms with Crippen molar-refractivity contribution in [1.82, 2.24) is 14.9 Å². The summed E-state index contributed by atoms with van der Waals surface area (Å²) in [5, 5.41) is 9.87. The van der Waals surface area contributed by atoms with Crippen molar-refractivity contribution in [3.05, 3.63) is 51.2 Å². The van der Waals surface area contributed by atoms with E-state index >= 15 is 0 Å². The molecule has 2 aliphatic heterocycles. The van der Waals surface area contributed by atoms with Crippen LogP contribution in [0.1, 0.15) is 48.8 Å². The van der Waals surface area contributed by atoms with Crippen LogP contribution in [-0.4, -0.2) is 45.4 Å². The van der Waals surface area contributed by atoms with Crippen LogP contribution in [0, 0.1) is 0 Å². The Morgan fingerprint density at radius 1 is 1.29 bits per heavy atom. The van der Waals surface area contributed by atoms with Crippen molar-refractivity contribution in [2.45, 2.75) is 45.7 Å². The van der Waals surface area contributed by atoms with Gasteiger partial charge < -0.3 is 14.8 Å².